The van der Waals surface area contributed by atoms with Crippen molar-refractivity contribution in [2.45, 2.75) is 17.7 Å². The summed E-state index contributed by atoms with van der Waals surface area (Å²) in [5.41, 5.74) is 0. The number of sulfonamides is 1. The van der Waals surface area contributed by atoms with E-state index in [2.05, 4.69) is 20.7 Å². The molecule has 2 amide bonds. The van der Waals surface area contributed by atoms with Gasteiger partial charge in [-0.05, 0) is 46.8 Å². The number of urea groups is 1. The Morgan fingerprint density at radius 1 is 1.30 bits per heavy atom. The zero-order chi connectivity index (χ0) is 17.0. The summed E-state index contributed by atoms with van der Waals surface area (Å²) >= 11 is 3.27. The molecule has 0 saturated carbocycles. The summed E-state index contributed by atoms with van der Waals surface area (Å²) in [7, 11) is -0.0465. The molecule has 1 aromatic rings. The molecule has 1 N–H and O–H groups in total. The number of carbonyl (C=O) groups excluding carboxylic acids is 1. The second-order valence-corrected chi connectivity index (χ2v) is 8.48. The van der Waals surface area contributed by atoms with Gasteiger partial charge in [0.15, 0.2) is 0 Å². The first-order valence-corrected chi connectivity index (χ1v) is 9.79. The van der Waals surface area contributed by atoms with Crippen LogP contribution in [0.25, 0.3) is 0 Å². The van der Waals surface area contributed by atoms with Crippen LogP contribution in [0.1, 0.15) is 12.8 Å². The van der Waals surface area contributed by atoms with E-state index in [1.807, 2.05) is 0 Å². The quantitative estimate of drug-likeness (QED) is 0.836. The number of piperidine rings is 1. The number of nitrogens with one attached hydrogen (secondary N) is 1. The fourth-order valence-corrected chi connectivity index (χ4v) is 4.70. The highest BCUT2D eigenvalue weighted by Gasteiger charge is 2.25. The molecule has 2 rings (SSSR count). The number of nitrogens with zero attached hydrogens (tertiary/aromatic N) is 2. The van der Waals surface area contributed by atoms with Gasteiger partial charge in [-0.25, -0.2) is 17.9 Å². The Kier molecular flexibility index (Phi) is 6.05. The lowest BCUT2D eigenvalue weighted by Gasteiger charge is -2.33. The van der Waals surface area contributed by atoms with Gasteiger partial charge in [0.1, 0.15) is 0 Å². The Labute approximate surface area is 146 Å². The third kappa shape index (κ3) is 4.68. The van der Waals surface area contributed by atoms with Crippen molar-refractivity contribution in [3.8, 4) is 0 Å². The van der Waals surface area contributed by atoms with Gasteiger partial charge >= 0.3 is 6.03 Å². The molecular weight excluding hydrogens is 382 g/mol. The SMILES string of the molecule is CN(C)C(=O)N1CCC(CNS(=O)(=O)c2ccccc2Br)CC1. The maximum Gasteiger partial charge on any atom is 0.319 e. The van der Waals surface area contributed by atoms with Crippen molar-refractivity contribution < 1.29 is 13.2 Å². The molecule has 1 aliphatic rings. The summed E-state index contributed by atoms with van der Waals surface area (Å²) in [6, 6.07) is 6.77. The van der Waals surface area contributed by atoms with E-state index in [1.165, 1.54) is 0 Å². The van der Waals surface area contributed by atoms with Crippen LogP contribution in [0, 0.1) is 5.92 Å². The highest BCUT2D eigenvalue weighted by molar-refractivity contribution is 9.10. The molecule has 8 heteroatoms. The Hall–Kier alpha value is -1.12. The van der Waals surface area contributed by atoms with Crippen molar-refractivity contribution in [3.05, 3.63) is 28.7 Å². The standard InChI is InChI=1S/C15H22BrN3O3S/c1-18(2)15(20)19-9-7-12(8-10-19)11-17-23(21,22)14-6-4-3-5-13(14)16/h3-6,12,17H,7-11H2,1-2H3. The van der Waals surface area contributed by atoms with E-state index in [9.17, 15) is 13.2 Å². The summed E-state index contributed by atoms with van der Waals surface area (Å²) in [5, 5.41) is 0. The van der Waals surface area contributed by atoms with Crippen molar-refractivity contribution in [2.75, 3.05) is 33.7 Å². The van der Waals surface area contributed by atoms with E-state index in [0.29, 0.717) is 24.1 Å². The van der Waals surface area contributed by atoms with Gasteiger partial charge in [-0.3, -0.25) is 0 Å². The predicted octanol–water partition coefficient (Wildman–Crippen LogP) is 2.12. The van der Waals surface area contributed by atoms with Gasteiger partial charge in [0.2, 0.25) is 10.0 Å². The molecule has 6 nitrogen and oxygen atoms in total. The van der Waals surface area contributed by atoms with E-state index >= 15 is 0 Å². The van der Waals surface area contributed by atoms with Crippen molar-refractivity contribution in [2.24, 2.45) is 5.92 Å². The van der Waals surface area contributed by atoms with Crippen LogP contribution in [0.4, 0.5) is 4.79 Å². The Morgan fingerprint density at radius 2 is 1.91 bits per heavy atom. The van der Waals surface area contributed by atoms with Gasteiger partial charge in [-0.2, -0.15) is 0 Å². The summed E-state index contributed by atoms with van der Waals surface area (Å²) in [5.74, 6) is 0.249. The Morgan fingerprint density at radius 3 is 2.48 bits per heavy atom. The normalized spacial score (nSPS) is 16.4. The molecule has 1 fully saturated rings. The van der Waals surface area contributed by atoms with Crippen LogP contribution in [0.5, 0.6) is 0 Å². The first-order chi connectivity index (χ1) is 10.8. The number of likely N-dealkylation sites (tertiary alicyclic amines) is 1. The van der Waals surface area contributed by atoms with Crippen molar-refractivity contribution in [1.82, 2.24) is 14.5 Å². The maximum atomic E-state index is 12.3. The Balaban J connectivity index is 1.88. The zero-order valence-electron chi connectivity index (χ0n) is 13.3. The molecule has 0 aromatic heterocycles. The topological polar surface area (TPSA) is 69.7 Å². The van der Waals surface area contributed by atoms with Gasteiger partial charge in [0, 0.05) is 38.2 Å². The fourth-order valence-electron chi connectivity index (χ4n) is 2.58. The lowest BCUT2D eigenvalue weighted by atomic mass is 9.97. The molecular formula is C15H22BrN3O3S. The van der Waals surface area contributed by atoms with Crippen LogP contribution in [-0.4, -0.2) is 58.0 Å². The monoisotopic (exact) mass is 403 g/mol. The van der Waals surface area contributed by atoms with Crippen LogP contribution in [0.3, 0.4) is 0 Å². The van der Waals surface area contributed by atoms with Crippen molar-refractivity contribution >= 4 is 32.0 Å². The zero-order valence-corrected chi connectivity index (χ0v) is 15.7. The number of halogens is 1. The molecule has 23 heavy (non-hydrogen) atoms. The van der Waals surface area contributed by atoms with E-state index in [0.717, 1.165) is 12.8 Å². The molecule has 0 spiro atoms. The van der Waals surface area contributed by atoms with Gasteiger partial charge in [0.05, 0.1) is 4.90 Å². The minimum Gasteiger partial charge on any atom is -0.331 e. The molecule has 1 aromatic carbocycles. The predicted molar refractivity (Wildman–Crippen MR) is 92.7 cm³/mol. The summed E-state index contributed by atoms with van der Waals surface area (Å²) in [6.45, 7) is 1.73. The molecule has 1 heterocycles. The number of carbonyl (C=O) groups is 1. The largest absolute Gasteiger partial charge is 0.331 e. The van der Waals surface area contributed by atoms with E-state index in [-0.39, 0.29) is 16.8 Å². The number of amides is 2. The maximum absolute atomic E-state index is 12.3. The first kappa shape index (κ1) is 18.2. The van der Waals surface area contributed by atoms with Crippen LogP contribution in [0.2, 0.25) is 0 Å². The molecule has 0 unspecified atom stereocenters. The van der Waals surface area contributed by atoms with E-state index in [4.69, 9.17) is 0 Å². The van der Waals surface area contributed by atoms with Gasteiger partial charge < -0.3 is 9.80 Å². The van der Waals surface area contributed by atoms with Crippen molar-refractivity contribution in [1.29, 1.82) is 0 Å². The molecule has 0 radical (unpaired) electrons. The highest BCUT2D eigenvalue weighted by Crippen LogP contribution is 2.22. The van der Waals surface area contributed by atoms with Gasteiger partial charge in [-0.15, -0.1) is 0 Å². The van der Waals surface area contributed by atoms with E-state index < -0.39 is 10.0 Å². The average molecular weight is 404 g/mol. The van der Waals surface area contributed by atoms with Gasteiger partial charge in [0.25, 0.3) is 0 Å². The number of hydrogen-bond donors (Lipinski definition) is 1. The number of rotatable bonds is 4. The first-order valence-electron chi connectivity index (χ1n) is 7.51. The van der Waals surface area contributed by atoms with Crippen molar-refractivity contribution in [3.63, 3.8) is 0 Å². The lowest BCUT2D eigenvalue weighted by molar-refractivity contribution is 0.148. The van der Waals surface area contributed by atoms with E-state index in [1.54, 1.807) is 48.2 Å². The number of benzene rings is 1. The molecule has 0 bridgehead atoms. The molecule has 0 aliphatic carbocycles. The number of hydrogen-bond acceptors (Lipinski definition) is 3. The summed E-state index contributed by atoms with van der Waals surface area (Å²) < 4.78 is 27.9. The minimum atomic E-state index is -3.52. The summed E-state index contributed by atoms with van der Waals surface area (Å²) in [6.07, 6.45) is 1.61. The minimum absolute atomic E-state index is 0.0113. The Bertz CT molecular complexity index is 656. The summed E-state index contributed by atoms with van der Waals surface area (Å²) in [4.78, 5) is 15.5. The third-order valence-electron chi connectivity index (χ3n) is 3.96. The molecule has 1 saturated heterocycles. The second kappa shape index (κ2) is 7.63. The lowest BCUT2D eigenvalue weighted by Crippen LogP contribution is -2.45. The molecule has 1 aliphatic heterocycles. The van der Waals surface area contributed by atoms with Crippen LogP contribution in [-0.2, 0) is 10.0 Å². The van der Waals surface area contributed by atoms with Crippen LogP contribution < -0.4 is 4.72 Å². The average Bonchev–Trinajstić information content (AvgIpc) is 2.53. The second-order valence-electron chi connectivity index (χ2n) is 5.89. The van der Waals surface area contributed by atoms with Crippen LogP contribution in [0.15, 0.2) is 33.6 Å². The molecule has 0 atom stereocenters. The van der Waals surface area contributed by atoms with Crippen LogP contribution >= 0.6 is 15.9 Å². The molecule has 128 valence electrons. The van der Waals surface area contributed by atoms with Gasteiger partial charge in [-0.1, -0.05) is 12.1 Å². The fraction of sp³-hybridized carbons (Fsp3) is 0.533. The smallest absolute Gasteiger partial charge is 0.319 e. The highest BCUT2D eigenvalue weighted by atomic mass is 79.9. The third-order valence-corrected chi connectivity index (χ3v) is 6.39.